The highest BCUT2D eigenvalue weighted by Gasteiger charge is 2.21. The van der Waals surface area contributed by atoms with Crippen molar-refractivity contribution in [2.24, 2.45) is 5.92 Å². The minimum absolute atomic E-state index is 0.0997. The minimum atomic E-state index is -0.210. The fraction of sp³-hybridized carbons (Fsp3) is 0.350. The van der Waals surface area contributed by atoms with Gasteiger partial charge in [0.15, 0.2) is 18.1 Å². The molecule has 0 aliphatic carbocycles. The first-order chi connectivity index (χ1) is 12.5. The predicted molar refractivity (Wildman–Crippen MR) is 100 cm³/mol. The number of ether oxygens (including phenoxy) is 3. The van der Waals surface area contributed by atoms with Gasteiger partial charge in [-0.25, -0.2) is 0 Å². The molecule has 0 aromatic heterocycles. The van der Waals surface area contributed by atoms with Gasteiger partial charge in [0.2, 0.25) is 0 Å². The Morgan fingerprint density at radius 1 is 1.15 bits per heavy atom. The van der Waals surface area contributed by atoms with Crippen LogP contribution in [0.1, 0.15) is 25.5 Å². The average Bonchev–Trinajstić information content (AvgIpc) is 2.65. The molecule has 0 radical (unpaired) electrons. The fourth-order valence-electron chi connectivity index (χ4n) is 2.81. The Labute approximate surface area is 158 Å². The number of rotatable bonds is 6. The highest BCUT2D eigenvalue weighted by atomic mass is 35.5. The maximum absolute atomic E-state index is 12.4. The molecule has 6 heteroatoms. The van der Waals surface area contributed by atoms with Gasteiger partial charge < -0.3 is 19.5 Å². The summed E-state index contributed by atoms with van der Waals surface area (Å²) < 4.78 is 16.7. The second-order valence-electron chi connectivity index (χ2n) is 6.41. The van der Waals surface area contributed by atoms with Gasteiger partial charge in [0.25, 0.3) is 5.91 Å². The van der Waals surface area contributed by atoms with Gasteiger partial charge in [-0.1, -0.05) is 43.6 Å². The number of hydrogen-bond acceptors (Lipinski definition) is 4. The zero-order chi connectivity index (χ0) is 18.5. The number of benzene rings is 2. The van der Waals surface area contributed by atoms with E-state index in [0.717, 1.165) is 11.3 Å². The van der Waals surface area contributed by atoms with E-state index in [0.29, 0.717) is 29.7 Å². The Kier molecular flexibility index (Phi) is 5.89. The van der Waals surface area contributed by atoms with E-state index in [1.807, 2.05) is 30.3 Å². The van der Waals surface area contributed by atoms with Crippen LogP contribution in [0, 0.1) is 5.92 Å². The summed E-state index contributed by atoms with van der Waals surface area (Å²) in [6.45, 7) is 5.09. The van der Waals surface area contributed by atoms with Crippen LogP contribution in [-0.2, 0) is 4.79 Å². The van der Waals surface area contributed by atoms with E-state index in [2.05, 4.69) is 19.2 Å². The summed E-state index contributed by atoms with van der Waals surface area (Å²) in [5.41, 5.74) is 0.968. The summed E-state index contributed by atoms with van der Waals surface area (Å²) >= 11 is 6.04. The molecule has 1 aliphatic heterocycles. The third-order valence-electron chi connectivity index (χ3n) is 4.10. The first-order valence-electron chi connectivity index (χ1n) is 8.61. The Balaban J connectivity index is 1.66. The molecule has 138 valence electrons. The Morgan fingerprint density at radius 2 is 1.88 bits per heavy atom. The average molecular weight is 376 g/mol. The van der Waals surface area contributed by atoms with Crippen molar-refractivity contribution in [1.29, 1.82) is 0 Å². The molecule has 2 aromatic rings. The highest BCUT2D eigenvalue weighted by Crippen LogP contribution is 2.34. The number of carbonyl (C=O) groups excluding carboxylic acids is 1. The smallest absolute Gasteiger partial charge is 0.258 e. The number of carbonyl (C=O) groups is 1. The molecule has 5 nitrogen and oxygen atoms in total. The molecule has 2 aromatic carbocycles. The van der Waals surface area contributed by atoms with Crippen molar-refractivity contribution >= 4 is 17.5 Å². The van der Waals surface area contributed by atoms with Crippen molar-refractivity contribution in [3.63, 3.8) is 0 Å². The molecule has 1 atom stereocenters. The van der Waals surface area contributed by atoms with Crippen LogP contribution in [0.25, 0.3) is 0 Å². The van der Waals surface area contributed by atoms with Gasteiger partial charge in [-0.3, -0.25) is 4.79 Å². The van der Waals surface area contributed by atoms with Crippen LogP contribution in [0.3, 0.4) is 0 Å². The molecule has 0 saturated heterocycles. The normalized spacial score (nSPS) is 14.0. The summed E-state index contributed by atoms with van der Waals surface area (Å²) in [6.07, 6.45) is 0. The van der Waals surface area contributed by atoms with Crippen molar-refractivity contribution in [2.45, 2.75) is 19.9 Å². The van der Waals surface area contributed by atoms with E-state index >= 15 is 0 Å². The Morgan fingerprint density at radius 3 is 2.62 bits per heavy atom. The zero-order valence-electron chi connectivity index (χ0n) is 14.8. The molecule has 1 unspecified atom stereocenters. The third kappa shape index (κ3) is 4.41. The number of nitrogens with one attached hydrogen (secondary N) is 1. The van der Waals surface area contributed by atoms with Crippen LogP contribution in [-0.4, -0.2) is 25.7 Å². The minimum Gasteiger partial charge on any atom is -0.486 e. The van der Waals surface area contributed by atoms with Crippen LogP contribution in [0.5, 0.6) is 17.2 Å². The summed E-state index contributed by atoms with van der Waals surface area (Å²) in [5, 5.41) is 3.51. The molecule has 1 amide bonds. The molecular weight excluding hydrogens is 354 g/mol. The number of amides is 1. The lowest BCUT2D eigenvalue weighted by molar-refractivity contribution is -0.124. The molecule has 1 heterocycles. The molecule has 3 rings (SSSR count). The van der Waals surface area contributed by atoms with Crippen LogP contribution < -0.4 is 19.5 Å². The first-order valence-corrected chi connectivity index (χ1v) is 8.98. The second kappa shape index (κ2) is 8.32. The van der Waals surface area contributed by atoms with Crippen molar-refractivity contribution in [3.8, 4) is 17.2 Å². The van der Waals surface area contributed by atoms with Crippen LogP contribution in [0.2, 0.25) is 5.02 Å². The standard InChI is InChI=1S/C20H22ClNO4/c1-13(2)20(14-7-8-17-18(11-14)25-10-9-24-17)22-19(23)12-26-16-6-4-3-5-15(16)21/h3-8,11,13,20H,9-10,12H2,1-2H3,(H,22,23). The molecular formula is C20H22ClNO4. The van der Waals surface area contributed by atoms with Gasteiger partial charge in [-0.05, 0) is 35.7 Å². The van der Waals surface area contributed by atoms with Gasteiger partial charge in [-0.2, -0.15) is 0 Å². The first kappa shape index (κ1) is 18.4. The van der Waals surface area contributed by atoms with Crippen LogP contribution >= 0.6 is 11.6 Å². The highest BCUT2D eigenvalue weighted by molar-refractivity contribution is 6.32. The molecule has 1 aliphatic rings. The van der Waals surface area contributed by atoms with Gasteiger partial charge >= 0.3 is 0 Å². The van der Waals surface area contributed by atoms with Gasteiger partial charge in [0, 0.05) is 0 Å². The molecule has 0 fully saturated rings. The molecule has 0 saturated carbocycles. The Hall–Kier alpha value is -2.40. The summed E-state index contributed by atoms with van der Waals surface area (Å²) in [7, 11) is 0. The predicted octanol–water partition coefficient (Wildman–Crippen LogP) is 4.00. The van der Waals surface area contributed by atoms with E-state index in [1.165, 1.54) is 0 Å². The van der Waals surface area contributed by atoms with E-state index in [-0.39, 0.29) is 24.5 Å². The second-order valence-corrected chi connectivity index (χ2v) is 6.82. The van der Waals surface area contributed by atoms with E-state index in [1.54, 1.807) is 12.1 Å². The summed E-state index contributed by atoms with van der Waals surface area (Å²) in [6, 6.07) is 12.7. The van der Waals surface area contributed by atoms with Gasteiger partial charge in [0.05, 0.1) is 11.1 Å². The number of hydrogen-bond donors (Lipinski definition) is 1. The van der Waals surface area contributed by atoms with E-state index in [9.17, 15) is 4.79 Å². The largest absolute Gasteiger partial charge is 0.486 e. The zero-order valence-corrected chi connectivity index (χ0v) is 15.6. The molecule has 1 N–H and O–H groups in total. The lowest BCUT2D eigenvalue weighted by Gasteiger charge is -2.25. The Bertz CT molecular complexity index is 778. The van der Waals surface area contributed by atoms with Crippen molar-refractivity contribution in [2.75, 3.05) is 19.8 Å². The van der Waals surface area contributed by atoms with Crippen molar-refractivity contribution < 1.29 is 19.0 Å². The van der Waals surface area contributed by atoms with Gasteiger partial charge in [0.1, 0.15) is 19.0 Å². The van der Waals surface area contributed by atoms with Crippen molar-refractivity contribution in [1.82, 2.24) is 5.32 Å². The quantitative estimate of drug-likeness (QED) is 0.829. The topological polar surface area (TPSA) is 56.8 Å². The van der Waals surface area contributed by atoms with Crippen LogP contribution in [0.15, 0.2) is 42.5 Å². The van der Waals surface area contributed by atoms with E-state index < -0.39 is 0 Å². The third-order valence-corrected chi connectivity index (χ3v) is 4.42. The molecule has 0 bridgehead atoms. The monoisotopic (exact) mass is 375 g/mol. The summed E-state index contributed by atoms with van der Waals surface area (Å²) in [5.74, 6) is 1.92. The van der Waals surface area contributed by atoms with E-state index in [4.69, 9.17) is 25.8 Å². The SMILES string of the molecule is CC(C)C(NC(=O)COc1ccccc1Cl)c1ccc2c(c1)OCCO2. The number of para-hydroxylation sites is 1. The molecule has 0 spiro atoms. The van der Waals surface area contributed by atoms with Crippen LogP contribution in [0.4, 0.5) is 0 Å². The van der Waals surface area contributed by atoms with Gasteiger partial charge in [-0.15, -0.1) is 0 Å². The molecule has 26 heavy (non-hydrogen) atoms. The number of halogens is 1. The number of fused-ring (bicyclic) bond motifs is 1. The summed E-state index contributed by atoms with van der Waals surface area (Å²) in [4.78, 5) is 12.4. The maximum atomic E-state index is 12.4. The van der Waals surface area contributed by atoms with Crippen molar-refractivity contribution in [3.05, 3.63) is 53.1 Å². The lowest BCUT2D eigenvalue weighted by atomic mass is 9.95. The maximum Gasteiger partial charge on any atom is 0.258 e. The lowest BCUT2D eigenvalue weighted by Crippen LogP contribution is -2.35. The fourth-order valence-corrected chi connectivity index (χ4v) is 3.00.